The van der Waals surface area contributed by atoms with Crippen molar-refractivity contribution in [1.82, 2.24) is 0 Å². The number of hydrogen-bond donors (Lipinski definition) is 1. The first-order valence-electron chi connectivity index (χ1n) is 6.09. The first-order valence-corrected chi connectivity index (χ1v) is 6.09. The molecule has 0 spiro atoms. The summed E-state index contributed by atoms with van der Waals surface area (Å²) in [6.45, 7) is 1.80. The number of benzene rings is 2. The summed E-state index contributed by atoms with van der Waals surface area (Å²) >= 11 is 0. The number of carbonyl (C=O) groups excluding carboxylic acids is 1. The van der Waals surface area contributed by atoms with Crippen LogP contribution in [0.1, 0.15) is 34.8 Å². The summed E-state index contributed by atoms with van der Waals surface area (Å²) in [6, 6.07) is 15.3. The number of phenolic OH excluding ortho intramolecular Hbond substituents is 1. The van der Waals surface area contributed by atoms with Crippen LogP contribution in [0.25, 0.3) is 0 Å². The van der Waals surface area contributed by atoms with E-state index in [2.05, 4.69) is 0 Å². The second-order valence-electron chi connectivity index (χ2n) is 4.29. The molecule has 2 nitrogen and oxygen atoms in total. The Morgan fingerprint density at radius 2 is 1.78 bits per heavy atom. The minimum absolute atomic E-state index is 0.0255. The molecule has 2 aromatic rings. The predicted molar refractivity (Wildman–Crippen MR) is 72.0 cm³/mol. The Labute approximate surface area is 107 Å². The van der Waals surface area contributed by atoms with Crippen molar-refractivity contribution in [1.29, 1.82) is 0 Å². The highest BCUT2D eigenvalue weighted by molar-refractivity contribution is 5.98. The van der Waals surface area contributed by atoms with Gasteiger partial charge in [-0.2, -0.15) is 0 Å². The summed E-state index contributed by atoms with van der Waals surface area (Å²) < 4.78 is 0. The van der Waals surface area contributed by atoms with Gasteiger partial charge in [0.25, 0.3) is 0 Å². The van der Waals surface area contributed by atoms with Crippen molar-refractivity contribution in [3.05, 3.63) is 65.2 Å². The van der Waals surface area contributed by atoms with Gasteiger partial charge in [0.15, 0.2) is 5.78 Å². The highest BCUT2D eigenvalue weighted by atomic mass is 16.3. The number of rotatable bonds is 4. The molecule has 0 fully saturated rings. The lowest BCUT2D eigenvalue weighted by Crippen LogP contribution is -1.99. The Bertz CT molecular complexity index is 544. The first kappa shape index (κ1) is 12.4. The molecule has 0 heterocycles. The van der Waals surface area contributed by atoms with Gasteiger partial charge in [-0.05, 0) is 29.7 Å². The van der Waals surface area contributed by atoms with Crippen LogP contribution >= 0.6 is 0 Å². The van der Waals surface area contributed by atoms with Gasteiger partial charge in [0.2, 0.25) is 0 Å². The van der Waals surface area contributed by atoms with Gasteiger partial charge >= 0.3 is 0 Å². The highest BCUT2D eigenvalue weighted by Gasteiger charge is 2.10. The Hall–Kier alpha value is -2.09. The quantitative estimate of drug-likeness (QED) is 0.829. The lowest BCUT2D eigenvalue weighted by Gasteiger charge is -2.06. The van der Waals surface area contributed by atoms with Crippen LogP contribution in [0.5, 0.6) is 5.75 Å². The van der Waals surface area contributed by atoms with E-state index in [9.17, 15) is 9.90 Å². The third-order valence-corrected chi connectivity index (χ3v) is 2.93. The Balaban J connectivity index is 2.27. The van der Waals surface area contributed by atoms with E-state index in [1.54, 1.807) is 19.1 Å². The second kappa shape index (κ2) is 5.50. The van der Waals surface area contributed by atoms with Gasteiger partial charge in [-0.3, -0.25) is 4.79 Å². The van der Waals surface area contributed by atoms with Crippen LogP contribution in [0.15, 0.2) is 48.5 Å². The first-order chi connectivity index (χ1) is 8.70. The fraction of sp³-hybridized carbons (Fsp3) is 0.188. The normalized spacial score (nSPS) is 10.3. The van der Waals surface area contributed by atoms with Gasteiger partial charge in [0, 0.05) is 6.42 Å². The molecule has 2 rings (SSSR count). The molecule has 0 atom stereocenters. The molecule has 0 saturated heterocycles. The van der Waals surface area contributed by atoms with Crippen LogP contribution in [-0.2, 0) is 6.42 Å². The van der Waals surface area contributed by atoms with Crippen molar-refractivity contribution in [2.45, 2.75) is 19.8 Å². The second-order valence-corrected chi connectivity index (χ2v) is 4.29. The molecule has 0 aromatic heterocycles. The number of hydrogen-bond acceptors (Lipinski definition) is 2. The van der Waals surface area contributed by atoms with E-state index in [4.69, 9.17) is 0 Å². The average Bonchev–Trinajstić information content (AvgIpc) is 2.41. The monoisotopic (exact) mass is 240 g/mol. The van der Waals surface area contributed by atoms with E-state index >= 15 is 0 Å². The van der Waals surface area contributed by atoms with Gasteiger partial charge in [0.05, 0.1) is 5.56 Å². The smallest absolute Gasteiger partial charge is 0.166 e. The zero-order chi connectivity index (χ0) is 13.0. The van der Waals surface area contributed by atoms with Crippen LogP contribution in [0.3, 0.4) is 0 Å². The molecule has 0 aliphatic carbocycles. The number of Topliss-reactive ketones (excluding diaryl/α,β-unsaturated/α-hetero) is 1. The predicted octanol–water partition coefficient (Wildman–Crippen LogP) is 3.58. The zero-order valence-electron chi connectivity index (χ0n) is 10.4. The topological polar surface area (TPSA) is 37.3 Å². The maximum absolute atomic E-state index is 11.7. The van der Waals surface area contributed by atoms with Crippen molar-refractivity contribution in [2.24, 2.45) is 0 Å². The molecule has 18 heavy (non-hydrogen) atoms. The molecule has 0 aliphatic rings. The highest BCUT2D eigenvalue weighted by Crippen LogP contribution is 2.21. The fourth-order valence-electron chi connectivity index (χ4n) is 1.94. The summed E-state index contributed by atoms with van der Waals surface area (Å²) in [4.78, 5) is 11.7. The number of carbonyl (C=O) groups is 1. The van der Waals surface area contributed by atoms with Crippen molar-refractivity contribution < 1.29 is 9.90 Å². The minimum atomic E-state index is -0.0255. The Kier molecular flexibility index (Phi) is 3.78. The van der Waals surface area contributed by atoms with Crippen LogP contribution in [0, 0.1) is 0 Å². The molecule has 0 bridgehead atoms. The van der Waals surface area contributed by atoms with Gasteiger partial charge < -0.3 is 5.11 Å². The number of ketones is 1. The standard InChI is InChI=1S/C16H16O2/c1-2-15(17)14-11-13(8-9-16(14)18)10-12-6-4-3-5-7-12/h3-9,11,18H,2,10H2,1H3. The van der Waals surface area contributed by atoms with Crippen molar-refractivity contribution >= 4 is 5.78 Å². The molecular weight excluding hydrogens is 224 g/mol. The van der Waals surface area contributed by atoms with Gasteiger partial charge in [-0.25, -0.2) is 0 Å². The van der Waals surface area contributed by atoms with Crippen LogP contribution in [0.2, 0.25) is 0 Å². The van der Waals surface area contributed by atoms with Gasteiger partial charge in [0.1, 0.15) is 5.75 Å². The molecule has 0 saturated carbocycles. The van der Waals surface area contributed by atoms with E-state index < -0.39 is 0 Å². The third-order valence-electron chi connectivity index (χ3n) is 2.93. The number of phenols is 1. The van der Waals surface area contributed by atoms with Crippen molar-refractivity contribution in [3.63, 3.8) is 0 Å². The van der Waals surface area contributed by atoms with Crippen molar-refractivity contribution in [2.75, 3.05) is 0 Å². The summed E-state index contributed by atoms with van der Waals surface area (Å²) in [7, 11) is 0. The van der Waals surface area contributed by atoms with Crippen LogP contribution in [-0.4, -0.2) is 10.9 Å². The molecular formula is C16H16O2. The van der Waals surface area contributed by atoms with E-state index in [0.717, 1.165) is 12.0 Å². The molecule has 2 heteroatoms. The lowest BCUT2D eigenvalue weighted by molar-refractivity contribution is 0.0985. The molecule has 1 N–H and O–H groups in total. The van der Waals surface area contributed by atoms with Gasteiger partial charge in [-0.15, -0.1) is 0 Å². The van der Waals surface area contributed by atoms with Crippen LogP contribution in [0.4, 0.5) is 0 Å². The fourth-order valence-corrected chi connectivity index (χ4v) is 1.94. The molecule has 0 aliphatic heterocycles. The Morgan fingerprint density at radius 1 is 1.06 bits per heavy atom. The number of aromatic hydroxyl groups is 1. The van der Waals surface area contributed by atoms with E-state index in [0.29, 0.717) is 12.0 Å². The summed E-state index contributed by atoms with van der Waals surface area (Å²) in [5.74, 6) is 0.0427. The van der Waals surface area contributed by atoms with Crippen molar-refractivity contribution in [3.8, 4) is 5.75 Å². The van der Waals surface area contributed by atoms with E-state index in [1.165, 1.54) is 5.56 Å². The summed E-state index contributed by atoms with van der Waals surface area (Å²) in [6.07, 6.45) is 1.17. The SMILES string of the molecule is CCC(=O)c1cc(Cc2ccccc2)ccc1O. The van der Waals surface area contributed by atoms with E-state index in [-0.39, 0.29) is 11.5 Å². The zero-order valence-corrected chi connectivity index (χ0v) is 10.4. The minimum Gasteiger partial charge on any atom is -0.507 e. The maximum Gasteiger partial charge on any atom is 0.166 e. The molecule has 0 radical (unpaired) electrons. The third kappa shape index (κ3) is 2.77. The summed E-state index contributed by atoms with van der Waals surface area (Å²) in [5.41, 5.74) is 2.65. The summed E-state index contributed by atoms with van der Waals surface area (Å²) in [5, 5.41) is 9.68. The maximum atomic E-state index is 11.7. The lowest BCUT2D eigenvalue weighted by atomic mass is 10.00. The van der Waals surface area contributed by atoms with E-state index in [1.807, 2.05) is 36.4 Å². The molecule has 92 valence electrons. The van der Waals surface area contributed by atoms with Crippen LogP contribution < -0.4 is 0 Å². The molecule has 2 aromatic carbocycles. The average molecular weight is 240 g/mol. The molecule has 0 amide bonds. The largest absolute Gasteiger partial charge is 0.507 e. The molecule has 0 unspecified atom stereocenters. The van der Waals surface area contributed by atoms with Gasteiger partial charge in [-0.1, -0.05) is 43.3 Å². The Morgan fingerprint density at radius 3 is 2.44 bits per heavy atom.